The molecule has 0 spiro atoms. The quantitative estimate of drug-likeness (QED) is 0.675. The highest BCUT2D eigenvalue weighted by Gasteiger charge is 2.11. The van der Waals surface area contributed by atoms with Crippen LogP contribution in [0.5, 0.6) is 0 Å². The number of rotatable bonds is 5. The fraction of sp³-hybridized carbons (Fsp3) is 0.222. The lowest BCUT2D eigenvalue weighted by Gasteiger charge is -2.05. The molecule has 20 heavy (non-hydrogen) atoms. The second-order valence-electron chi connectivity index (χ2n) is 3.50. The third kappa shape index (κ3) is 2.71. The smallest absolute Gasteiger partial charge is 0.257 e. The van der Waals surface area contributed by atoms with E-state index in [9.17, 15) is 0 Å². The fourth-order valence-corrected chi connectivity index (χ4v) is 2.00. The first kappa shape index (κ1) is 12.5. The number of hydrogen-bond acceptors (Lipinski definition) is 9. The van der Waals surface area contributed by atoms with E-state index in [2.05, 4.69) is 45.5 Å². The number of aromatic nitrogens is 9. The first-order valence-electron chi connectivity index (χ1n) is 5.73. The summed E-state index contributed by atoms with van der Waals surface area (Å²) < 4.78 is 1.47. The van der Waals surface area contributed by atoms with Gasteiger partial charge in [0.2, 0.25) is 11.1 Å². The summed E-state index contributed by atoms with van der Waals surface area (Å²) in [6.07, 6.45) is 4.36. The lowest BCUT2D eigenvalue weighted by atomic mass is 10.7. The Morgan fingerprint density at radius 1 is 1.30 bits per heavy atom. The van der Waals surface area contributed by atoms with Gasteiger partial charge >= 0.3 is 0 Å². The minimum absolute atomic E-state index is 0.385. The third-order valence-electron chi connectivity index (χ3n) is 2.14. The molecule has 0 atom stereocenters. The van der Waals surface area contributed by atoms with Crippen molar-refractivity contribution in [3.63, 3.8) is 0 Å². The van der Waals surface area contributed by atoms with Gasteiger partial charge < -0.3 is 5.32 Å². The fourth-order valence-electron chi connectivity index (χ4n) is 1.37. The van der Waals surface area contributed by atoms with Crippen molar-refractivity contribution in [3.05, 3.63) is 19.0 Å². The van der Waals surface area contributed by atoms with Crippen molar-refractivity contribution < 1.29 is 0 Å². The number of nitrogens with one attached hydrogen (secondary N) is 2. The Morgan fingerprint density at radius 3 is 2.95 bits per heavy atom. The van der Waals surface area contributed by atoms with Crippen LogP contribution in [0.2, 0.25) is 0 Å². The molecule has 3 aromatic rings. The Kier molecular flexibility index (Phi) is 3.50. The molecule has 3 rings (SSSR count). The second kappa shape index (κ2) is 5.61. The van der Waals surface area contributed by atoms with Crippen molar-refractivity contribution in [2.45, 2.75) is 17.2 Å². The monoisotopic (exact) mass is 290 g/mol. The van der Waals surface area contributed by atoms with Crippen LogP contribution >= 0.6 is 11.8 Å². The highest BCUT2D eigenvalue weighted by atomic mass is 32.2. The molecule has 0 aliphatic heterocycles. The largest absolute Gasteiger partial charge is 0.354 e. The molecule has 2 N–H and O–H groups in total. The average molecular weight is 290 g/mol. The van der Waals surface area contributed by atoms with Gasteiger partial charge in [0.25, 0.3) is 5.95 Å². The Balaban J connectivity index is 1.96. The minimum Gasteiger partial charge on any atom is -0.354 e. The van der Waals surface area contributed by atoms with Gasteiger partial charge in [0.15, 0.2) is 5.16 Å². The summed E-state index contributed by atoms with van der Waals surface area (Å²) in [5.41, 5.74) is 0. The summed E-state index contributed by atoms with van der Waals surface area (Å²) in [5.74, 6) is 0.852. The summed E-state index contributed by atoms with van der Waals surface area (Å²) in [5, 5.41) is 14.7. The number of hydrogen-bond donors (Lipinski definition) is 2. The molecule has 0 unspecified atom stereocenters. The zero-order chi connectivity index (χ0) is 13.8. The molecular formula is C9H10N10S. The summed E-state index contributed by atoms with van der Waals surface area (Å²) in [4.78, 5) is 20.8. The highest BCUT2D eigenvalue weighted by Crippen LogP contribution is 2.21. The lowest BCUT2D eigenvalue weighted by molar-refractivity contribution is 0.757. The molecule has 0 saturated carbocycles. The van der Waals surface area contributed by atoms with Crippen molar-refractivity contribution in [1.82, 2.24) is 44.9 Å². The molecule has 0 aliphatic rings. The van der Waals surface area contributed by atoms with Crippen LogP contribution in [-0.4, -0.2) is 51.4 Å². The van der Waals surface area contributed by atoms with Crippen LogP contribution in [-0.2, 0) is 0 Å². The van der Waals surface area contributed by atoms with E-state index in [1.54, 1.807) is 0 Å². The zero-order valence-electron chi connectivity index (χ0n) is 10.4. The van der Waals surface area contributed by atoms with E-state index >= 15 is 0 Å². The predicted molar refractivity (Wildman–Crippen MR) is 69.4 cm³/mol. The number of aromatic amines is 1. The van der Waals surface area contributed by atoms with Crippen LogP contribution < -0.4 is 5.32 Å². The predicted octanol–water partition coefficient (Wildman–Crippen LogP) is 0.153. The molecule has 3 aromatic heterocycles. The first-order valence-corrected chi connectivity index (χ1v) is 6.55. The molecule has 0 saturated heterocycles. The van der Waals surface area contributed by atoms with Gasteiger partial charge in [0.1, 0.15) is 19.0 Å². The van der Waals surface area contributed by atoms with E-state index in [0.29, 0.717) is 28.8 Å². The highest BCUT2D eigenvalue weighted by molar-refractivity contribution is 7.99. The van der Waals surface area contributed by atoms with Gasteiger partial charge in [-0.05, 0) is 18.7 Å². The van der Waals surface area contributed by atoms with Crippen LogP contribution in [0.15, 0.2) is 29.3 Å². The Morgan fingerprint density at radius 2 is 2.25 bits per heavy atom. The maximum atomic E-state index is 4.31. The average Bonchev–Trinajstić information content (AvgIpc) is 3.11. The third-order valence-corrected chi connectivity index (χ3v) is 2.90. The van der Waals surface area contributed by atoms with E-state index < -0.39 is 0 Å². The van der Waals surface area contributed by atoms with Gasteiger partial charge in [-0.1, -0.05) is 0 Å². The van der Waals surface area contributed by atoms with Gasteiger partial charge in [-0.15, -0.1) is 0 Å². The molecule has 102 valence electrons. The molecule has 11 heteroatoms. The topological polar surface area (TPSA) is 123 Å². The van der Waals surface area contributed by atoms with Crippen molar-refractivity contribution in [2.24, 2.45) is 0 Å². The van der Waals surface area contributed by atoms with Gasteiger partial charge in [-0.2, -0.15) is 29.8 Å². The van der Waals surface area contributed by atoms with E-state index in [-0.39, 0.29) is 0 Å². The van der Waals surface area contributed by atoms with Crippen molar-refractivity contribution in [2.75, 3.05) is 11.9 Å². The number of H-pyrrole nitrogens is 1. The maximum absolute atomic E-state index is 4.31. The second-order valence-corrected chi connectivity index (χ2v) is 4.46. The van der Waals surface area contributed by atoms with E-state index in [0.717, 1.165) is 0 Å². The summed E-state index contributed by atoms with van der Waals surface area (Å²) in [7, 11) is 0. The molecule has 10 nitrogen and oxygen atoms in total. The Labute approximate surface area is 117 Å². The van der Waals surface area contributed by atoms with E-state index in [1.807, 2.05) is 6.92 Å². The van der Waals surface area contributed by atoms with Crippen LogP contribution in [0.4, 0.5) is 5.95 Å². The van der Waals surface area contributed by atoms with Gasteiger partial charge in [0, 0.05) is 6.54 Å². The van der Waals surface area contributed by atoms with E-state index in [1.165, 1.54) is 35.4 Å². The van der Waals surface area contributed by atoms with Gasteiger partial charge in [-0.25, -0.2) is 9.97 Å². The SMILES string of the molecule is CCNc1nc(Sc2ncn[nH]2)nc(-n2cncn2)n1. The van der Waals surface area contributed by atoms with Gasteiger partial charge in [0.05, 0.1) is 0 Å². The summed E-state index contributed by atoms with van der Waals surface area (Å²) in [6, 6.07) is 0. The summed E-state index contributed by atoms with van der Waals surface area (Å²) in [6.45, 7) is 2.66. The Hall–Kier alpha value is -2.56. The molecule has 0 aromatic carbocycles. The van der Waals surface area contributed by atoms with Crippen molar-refractivity contribution >= 4 is 17.7 Å². The van der Waals surface area contributed by atoms with E-state index in [4.69, 9.17) is 0 Å². The number of anilines is 1. The standard InChI is InChI=1S/C9H10N10S/c1-2-11-6-15-7(19-5-10-3-14-19)17-9(16-6)20-8-12-4-13-18-8/h3-5H,2H2,1H3,(H,12,13,18)(H,11,15,16,17). The molecule has 3 heterocycles. The van der Waals surface area contributed by atoms with Gasteiger partial charge in [-0.3, -0.25) is 5.10 Å². The molecule has 0 fully saturated rings. The maximum Gasteiger partial charge on any atom is 0.257 e. The molecular weight excluding hydrogens is 280 g/mol. The Bertz CT molecular complexity index is 664. The van der Waals surface area contributed by atoms with Crippen LogP contribution in [0, 0.1) is 0 Å². The van der Waals surface area contributed by atoms with Crippen LogP contribution in [0.1, 0.15) is 6.92 Å². The molecule has 0 radical (unpaired) electrons. The van der Waals surface area contributed by atoms with Crippen molar-refractivity contribution in [3.8, 4) is 5.95 Å². The first-order chi connectivity index (χ1) is 9.85. The van der Waals surface area contributed by atoms with Crippen molar-refractivity contribution in [1.29, 1.82) is 0 Å². The lowest BCUT2D eigenvalue weighted by Crippen LogP contribution is -2.09. The summed E-state index contributed by atoms with van der Waals surface area (Å²) >= 11 is 1.25. The van der Waals surface area contributed by atoms with Crippen LogP contribution in [0.3, 0.4) is 0 Å². The molecule has 0 bridgehead atoms. The molecule has 0 aliphatic carbocycles. The van der Waals surface area contributed by atoms with Crippen LogP contribution in [0.25, 0.3) is 5.95 Å². The zero-order valence-corrected chi connectivity index (χ0v) is 11.2. The minimum atomic E-state index is 0.385. The molecule has 0 amide bonds. The normalized spacial score (nSPS) is 10.7. The number of nitrogens with zero attached hydrogens (tertiary/aromatic N) is 8.